The summed E-state index contributed by atoms with van der Waals surface area (Å²) in [6.45, 7) is 1.41. The summed E-state index contributed by atoms with van der Waals surface area (Å²) in [5.74, 6) is 0. The Balaban J connectivity index is 2.86. The van der Waals surface area contributed by atoms with Gasteiger partial charge in [-0.05, 0) is 6.42 Å². The summed E-state index contributed by atoms with van der Waals surface area (Å²) in [7, 11) is 1.23. The molecule has 0 aromatic heterocycles. The molecule has 3 heteroatoms. The molecule has 2 nitrogen and oxygen atoms in total. The summed E-state index contributed by atoms with van der Waals surface area (Å²) in [5, 5.41) is 0. The Bertz CT molecular complexity index is 49.7. The molecule has 8 heavy (non-hydrogen) atoms. The fraction of sp³-hybridized carbons (Fsp3) is 0.800. The van der Waals surface area contributed by atoms with Crippen LogP contribution in [0, 0.1) is 6.54 Å². The lowest BCUT2D eigenvalue weighted by atomic mass is 10.5. The van der Waals surface area contributed by atoms with E-state index in [0.717, 1.165) is 6.42 Å². The second-order valence-corrected chi connectivity index (χ2v) is 1.29. The van der Waals surface area contributed by atoms with Crippen molar-refractivity contribution in [3.05, 3.63) is 6.54 Å². The Kier molecular flexibility index (Phi) is 4.90. The van der Waals surface area contributed by atoms with Crippen LogP contribution in [0.4, 0.5) is 4.39 Å². The van der Waals surface area contributed by atoms with E-state index in [4.69, 9.17) is 0 Å². The number of hydrogen-bond acceptors (Lipinski definition) is 2. The molecule has 0 aromatic rings. The maximum Gasteiger partial charge on any atom is 0.409 e. The van der Waals surface area contributed by atoms with E-state index in [0.29, 0.717) is 6.61 Å². The molecule has 0 bridgehead atoms. The maximum absolute atomic E-state index is 11.8. The van der Waals surface area contributed by atoms with E-state index < -0.39 is 6.54 Å². The summed E-state index contributed by atoms with van der Waals surface area (Å²) in [6, 6.07) is 0. The summed E-state index contributed by atoms with van der Waals surface area (Å²) >= 11 is 0. The number of halogens is 1. The smallest absolute Gasteiger partial charge is 0.321 e. The average Bonchev–Trinajstić information content (AvgIpc) is 1.83. The fourth-order valence-electron chi connectivity index (χ4n) is 0.241. The molecular formula is C5H10FO2. The molecule has 0 aliphatic heterocycles. The zero-order chi connectivity index (χ0) is 6.41. The van der Waals surface area contributed by atoms with Gasteiger partial charge in [0.2, 0.25) is 0 Å². The predicted octanol–water partition coefficient (Wildman–Crippen LogP) is 1.48. The molecule has 0 unspecified atom stereocenters. The van der Waals surface area contributed by atoms with Crippen LogP contribution in [0.1, 0.15) is 13.3 Å². The van der Waals surface area contributed by atoms with Crippen LogP contribution in [0.2, 0.25) is 0 Å². The molecule has 0 atom stereocenters. The average molecular weight is 121 g/mol. The van der Waals surface area contributed by atoms with Crippen molar-refractivity contribution in [3.8, 4) is 0 Å². The minimum absolute atomic E-state index is 0.375. The quantitative estimate of drug-likeness (QED) is 0.560. The summed E-state index contributed by atoms with van der Waals surface area (Å²) in [6.07, 6.45) is 0.788. The first-order valence-corrected chi connectivity index (χ1v) is 2.50. The zero-order valence-corrected chi connectivity index (χ0v) is 5.11. The maximum atomic E-state index is 11.8. The monoisotopic (exact) mass is 121 g/mol. The summed E-state index contributed by atoms with van der Waals surface area (Å²) < 4.78 is 20.2. The highest BCUT2D eigenvalue weighted by atomic mass is 19.2. The molecule has 0 saturated heterocycles. The van der Waals surface area contributed by atoms with Gasteiger partial charge in [-0.3, -0.25) is 0 Å². The third-order valence-electron chi connectivity index (χ3n) is 0.580. The Morgan fingerprint density at radius 1 is 1.62 bits per heavy atom. The van der Waals surface area contributed by atoms with Gasteiger partial charge in [0.15, 0.2) is 0 Å². The van der Waals surface area contributed by atoms with Crippen molar-refractivity contribution in [1.29, 1.82) is 0 Å². The molecule has 0 aromatic carbocycles. The minimum Gasteiger partial charge on any atom is -0.321 e. The van der Waals surface area contributed by atoms with Crippen LogP contribution in [0.25, 0.3) is 0 Å². The van der Waals surface area contributed by atoms with E-state index in [-0.39, 0.29) is 0 Å². The fourth-order valence-corrected chi connectivity index (χ4v) is 0.241. The molecule has 0 amide bonds. The van der Waals surface area contributed by atoms with Crippen LogP contribution >= 0.6 is 0 Å². The molecule has 0 N–H and O–H groups in total. The van der Waals surface area contributed by atoms with E-state index in [9.17, 15) is 4.39 Å². The molecule has 0 fully saturated rings. The van der Waals surface area contributed by atoms with Gasteiger partial charge in [0.1, 0.15) is 0 Å². The van der Waals surface area contributed by atoms with E-state index in [1.54, 1.807) is 0 Å². The second-order valence-electron chi connectivity index (χ2n) is 1.29. The summed E-state index contributed by atoms with van der Waals surface area (Å²) in [5.41, 5.74) is 0. The molecule has 0 saturated carbocycles. The van der Waals surface area contributed by atoms with Crippen molar-refractivity contribution in [3.63, 3.8) is 0 Å². The summed E-state index contributed by atoms with van der Waals surface area (Å²) in [4.78, 5) is 0. The predicted molar refractivity (Wildman–Crippen MR) is 27.6 cm³/mol. The van der Waals surface area contributed by atoms with E-state index in [2.05, 4.69) is 9.47 Å². The lowest BCUT2D eigenvalue weighted by Crippen LogP contribution is -1.99. The van der Waals surface area contributed by atoms with E-state index in [1.165, 1.54) is 7.11 Å². The van der Waals surface area contributed by atoms with Gasteiger partial charge >= 0.3 is 6.54 Å². The first-order chi connectivity index (χ1) is 3.81. The molecule has 0 aliphatic carbocycles. The van der Waals surface area contributed by atoms with Gasteiger partial charge in [-0.1, -0.05) is 6.92 Å². The van der Waals surface area contributed by atoms with Crippen LogP contribution in [0.3, 0.4) is 0 Å². The highest BCUT2D eigenvalue weighted by molar-refractivity contribution is 4.39. The van der Waals surface area contributed by atoms with Gasteiger partial charge in [0, 0.05) is 7.11 Å². The lowest BCUT2D eigenvalue weighted by molar-refractivity contribution is -0.0958. The molecular weight excluding hydrogens is 111 g/mol. The van der Waals surface area contributed by atoms with E-state index in [1.807, 2.05) is 6.92 Å². The number of methoxy groups -OCH3 is 1. The van der Waals surface area contributed by atoms with Gasteiger partial charge < -0.3 is 9.47 Å². The van der Waals surface area contributed by atoms with Crippen molar-refractivity contribution in [1.82, 2.24) is 0 Å². The van der Waals surface area contributed by atoms with Crippen LogP contribution in [-0.4, -0.2) is 13.7 Å². The highest BCUT2D eigenvalue weighted by Gasteiger charge is 2.03. The second kappa shape index (κ2) is 5.00. The largest absolute Gasteiger partial charge is 0.409 e. The molecule has 0 heterocycles. The molecule has 49 valence electrons. The standard InChI is InChI=1S/C5H10FO2/c1-3-4-8-5(6)7-2/h3-4H2,1-2H3. The molecule has 0 spiro atoms. The Labute approximate surface area is 48.6 Å². The van der Waals surface area contributed by atoms with Crippen LogP contribution < -0.4 is 0 Å². The third kappa shape index (κ3) is 4.02. The van der Waals surface area contributed by atoms with Gasteiger partial charge in [0.25, 0.3) is 0 Å². The van der Waals surface area contributed by atoms with Crippen molar-refractivity contribution in [2.75, 3.05) is 13.7 Å². The normalized spacial score (nSPS) is 10.5. The van der Waals surface area contributed by atoms with Crippen molar-refractivity contribution < 1.29 is 13.9 Å². The molecule has 0 rings (SSSR count). The number of ether oxygens (including phenoxy) is 2. The lowest BCUT2D eigenvalue weighted by Gasteiger charge is -2.01. The van der Waals surface area contributed by atoms with Crippen LogP contribution in [0.15, 0.2) is 0 Å². The first-order valence-electron chi connectivity index (χ1n) is 2.50. The van der Waals surface area contributed by atoms with Gasteiger partial charge in [-0.25, -0.2) is 0 Å². The zero-order valence-electron chi connectivity index (χ0n) is 5.11. The highest BCUT2D eigenvalue weighted by Crippen LogP contribution is 2.03. The Morgan fingerprint density at radius 3 is 2.62 bits per heavy atom. The first kappa shape index (κ1) is 7.85. The van der Waals surface area contributed by atoms with Crippen LogP contribution in [-0.2, 0) is 9.47 Å². The van der Waals surface area contributed by atoms with E-state index >= 15 is 0 Å². The third-order valence-corrected chi connectivity index (χ3v) is 0.580. The van der Waals surface area contributed by atoms with Crippen LogP contribution in [0.5, 0.6) is 0 Å². The number of rotatable bonds is 4. The van der Waals surface area contributed by atoms with Crippen molar-refractivity contribution >= 4 is 0 Å². The van der Waals surface area contributed by atoms with Gasteiger partial charge in [0.05, 0.1) is 6.61 Å². The van der Waals surface area contributed by atoms with Crippen molar-refractivity contribution in [2.24, 2.45) is 0 Å². The van der Waals surface area contributed by atoms with Gasteiger partial charge in [-0.15, -0.1) is 0 Å². The molecule has 1 radical (unpaired) electrons. The Hall–Kier alpha value is -0.150. The SMILES string of the molecule is CCCO[C](F)OC. The number of hydrogen-bond donors (Lipinski definition) is 0. The topological polar surface area (TPSA) is 18.5 Å². The minimum atomic E-state index is -0.855. The van der Waals surface area contributed by atoms with Crippen molar-refractivity contribution in [2.45, 2.75) is 13.3 Å². The molecule has 0 aliphatic rings. The Morgan fingerprint density at radius 2 is 2.25 bits per heavy atom. The van der Waals surface area contributed by atoms with Gasteiger partial charge in [-0.2, -0.15) is 4.39 Å².